The minimum absolute atomic E-state index is 0.439. The Morgan fingerprint density at radius 2 is 2.00 bits per heavy atom. The number of ether oxygens (including phenoxy) is 1. The molecule has 0 radical (unpaired) electrons. The largest absolute Gasteiger partial charge is 0.492 e. The zero-order chi connectivity index (χ0) is 12.8. The van der Waals surface area contributed by atoms with Crippen molar-refractivity contribution in [3.05, 3.63) is 23.2 Å². The summed E-state index contributed by atoms with van der Waals surface area (Å²) >= 11 is 6.14. The van der Waals surface area contributed by atoms with Crippen LogP contribution in [0.15, 0.2) is 18.2 Å². The normalized spacial score (nSPS) is 14.2. The van der Waals surface area contributed by atoms with Crippen LogP contribution in [0, 0.1) is 5.92 Å². The molecule has 3 heteroatoms. The first-order chi connectivity index (χ1) is 8.08. The van der Waals surface area contributed by atoms with E-state index in [4.69, 9.17) is 16.3 Å². The fourth-order valence-corrected chi connectivity index (χ4v) is 1.86. The topological polar surface area (TPSA) is 21.3 Å². The highest BCUT2D eigenvalue weighted by atomic mass is 35.5. The number of rotatable bonds is 6. The molecular weight excluding hydrogens is 234 g/mol. The first-order valence-corrected chi connectivity index (χ1v) is 6.65. The first kappa shape index (κ1) is 14.2. The molecule has 0 fully saturated rings. The summed E-state index contributed by atoms with van der Waals surface area (Å²) in [6, 6.07) is 6.28. The minimum atomic E-state index is 0.439. The third-order valence-electron chi connectivity index (χ3n) is 3.12. The molecule has 1 rings (SSSR count). The van der Waals surface area contributed by atoms with Crippen molar-refractivity contribution in [3.63, 3.8) is 0 Å². The van der Waals surface area contributed by atoms with Crippen molar-refractivity contribution in [2.75, 3.05) is 11.9 Å². The molecule has 0 amide bonds. The lowest BCUT2D eigenvalue weighted by molar-refractivity contribution is 0.340. The van der Waals surface area contributed by atoms with Crippen LogP contribution in [0.25, 0.3) is 0 Å². The van der Waals surface area contributed by atoms with Crippen molar-refractivity contribution in [3.8, 4) is 5.75 Å². The van der Waals surface area contributed by atoms with Crippen LogP contribution in [0.2, 0.25) is 5.02 Å². The number of nitrogens with one attached hydrogen (secondary N) is 1. The molecule has 1 aromatic carbocycles. The molecule has 96 valence electrons. The van der Waals surface area contributed by atoms with E-state index in [1.165, 1.54) is 6.42 Å². The third-order valence-corrected chi connectivity index (χ3v) is 3.42. The van der Waals surface area contributed by atoms with Gasteiger partial charge in [0.1, 0.15) is 5.75 Å². The summed E-state index contributed by atoms with van der Waals surface area (Å²) in [6.07, 6.45) is 1.17. The Morgan fingerprint density at radius 1 is 1.29 bits per heavy atom. The Bertz CT molecular complexity index is 354. The number of benzene rings is 1. The highest BCUT2D eigenvalue weighted by Crippen LogP contribution is 2.28. The van der Waals surface area contributed by atoms with Gasteiger partial charge >= 0.3 is 0 Å². The van der Waals surface area contributed by atoms with Gasteiger partial charge in [-0.05, 0) is 38.0 Å². The molecule has 0 aromatic heterocycles. The second-order valence-corrected chi connectivity index (χ2v) is 4.80. The SMILES string of the molecule is CCOc1ccc(NC(C)C(C)CC)cc1Cl. The van der Waals surface area contributed by atoms with Crippen molar-refractivity contribution in [1.29, 1.82) is 0 Å². The Balaban J connectivity index is 2.70. The number of hydrogen-bond acceptors (Lipinski definition) is 2. The quantitative estimate of drug-likeness (QED) is 0.803. The molecule has 1 N–H and O–H groups in total. The van der Waals surface area contributed by atoms with E-state index in [2.05, 4.69) is 26.1 Å². The van der Waals surface area contributed by atoms with Gasteiger partial charge in [-0.15, -0.1) is 0 Å². The van der Waals surface area contributed by atoms with Gasteiger partial charge in [-0.25, -0.2) is 0 Å². The summed E-state index contributed by atoms with van der Waals surface area (Å²) in [5.41, 5.74) is 1.05. The Kier molecular flexibility index (Phi) is 5.63. The lowest BCUT2D eigenvalue weighted by Gasteiger charge is -2.21. The van der Waals surface area contributed by atoms with Crippen LogP contribution in [0.5, 0.6) is 5.75 Å². The smallest absolute Gasteiger partial charge is 0.138 e. The van der Waals surface area contributed by atoms with Crippen LogP contribution in [0.4, 0.5) is 5.69 Å². The van der Waals surface area contributed by atoms with E-state index in [1.807, 2.05) is 25.1 Å². The van der Waals surface area contributed by atoms with Gasteiger partial charge in [0.05, 0.1) is 11.6 Å². The first-order valence-electron chi connectivity index (χ1n) is 6.27. The van der Waals surface area contributed by atoms with E-state index in [0.29, 0.717) is 23.6 Å². The summed E-state index contributed by atoms with van der Waals surface area (Å²) in [5, 5.41) is 4.12. The van der Waals surface area contributed by atoms with Gasteiger partial charge in [0, 0.05) is 11.7 Å². The molecule has 0 aliphatic rings. The summed E-state index contributed by atoms with van der Waals surface area (Å²) in [4.78, 5) is 0. The average molecular weight is 256 g/mol. The van der Waals surface area contributed by atoms with Crippen LogP contribution < -0.4 is 10.1 Å². The van der Waals surface area contributed by atoms with Gasteiger partial charge in [0.2, 0.25) is 0 Å². The van der Waals surface area contributed by atoms with Gasteiger partial charge < -0.3 is 10.1 Å². The molecule has 0 saturated carbocycles. The van der Waals surface area contributed by atoms with Gasteiger partial charge in [-0.2, -0.15) is 0 Å². The summed E-state index contributed by atoms with van der Waals surface area (Å²) in [5.74, 6) is 1.39. The highest BCUT2D eigenvalue weighted by molar-refractivity contribution is 6.32. The highest BCUT2D eigenvalue weighted by Gasteiger charge is 2.10. The van der Waals surface area contributed by atoms with Crippen molar-refractivity contribution >= 4 is 17.3 Å². The summed E-state index contributed by atoms with van der Waals surface area (Å²) in [6.45, 7) is 9.23. The van der Waals surface area contributed by atoms with E-state index < -0.39 is 0 Å². The molecular formula is C14H22ClNO. The lowest BCUT2D eigenvalue weighted by atomic mass is 10.0. The maximum Gasteiger partial charge on any atom is 0.138 e. The van der Waals surface area contributed by atoms with Crippen molar-refractivity contribution in [2.45, 2.75) is 40.2 Å². The molecule has 1 aromatic rings. The second kappa shape index (κ2) is 6.75. The van der Waals surface area contributed by atoms with E-state index in [9.17, 15) is 0 Å². The standard InChI is InChI=1S/C14H22ClNO/c1-5-10(3)11(4)16-12-7-8-14(17-6-2)13(15)9-12/h7-11,16H,5-6H2,1-4H3. The predicted molar refractivity (Wildman–Crippen MR) is 75.2 cm³/mol. The molecule has 2 unspecified atom stereocenters. The molecule has 0 saturated heterocycles. The molecule has 2 atom stereocenters. The van der Waals surface area contributed by atoms with Gasteiger partial charge in [-0.3, -0.25) is 0 Å². The maximum atomic E-state index is 6.14. The summed E-state index contributed by atoms with van der Waals surface area (Å²) in [7, 11) is 0. The zero-order valence-corrected chi connectivity index (χ0v) is 11.8. The third kappa shape index (κ3) is 4.12. The van der Waals surface area contributed by atoms with Crippen LogP contribution in [0.3, 0.4) is 0 Å². The molecule has 17 heavy (non-hydrogen) atoms. The Labute approximate surface area is 109 Å². The number of hydrogen-bond donors (Lipinski definition) is 1. The fourth-order valence-electron chi connectivity index (χ4n) is 1.62. The molecule has 0 heterocycles. The maximum absolute atomic E-state index is 6.14. The number of anilines is 1. The van der Waals surface area contributed by atoms with Crippen LogP contribution in [-0.2, 0) is 0 Å². The molecule has 0 aliphatic heterocycles. The number of halogens is 1. The Hall–Kier alpha value is -0.890. The van der Waals surface area contributed by atoms with Crippen LogP contribution >= 0.6 is 11.6 Å². The van der Waals surface area contributed by atoms with E-state index in [1.54, 1.807) is 0 Å². The monoisotopic (exact) mass is 255 g/mol. The molecule has 0 aliphatic carbocycles. The predicted octanol–water partition coefficient (Wildman–Crippen LogP) is 4.59. The Morgan fingerprint density at radius 3 is 2.53 bits per heavy atom. The van der Waals surface area contributed by atoms with E-state index >= 15 is 0 Å². The van der Waals surface area contributed by atoms with E-state index in [-0.39, 0.29) is 0 Å². The van der Waals surface area contributed by atoms with Crippen molar-refractivity contribution < 1.29 is 4.74 Å². The zero-order valence-electron chi connectivity index (χ0n) is 11.1. The molecule has 0 bridgehead atoms. The summed E-state index contributed by atoms with van der Waals surface area (Å²) < 4.78 is 5.41. The fraction of sp³-hybridized carbons (Fsp3) is 0.571. The van der Waals surface area contributed by atoms with Crippen LogP contribution in [0.1, 0.15) is 34.1 Å². The van der Waals surface area contributed by atoms with Crippen molar-refractivity contribution in [1.82, 2.24) is 0 Å². The van der Waals surface area contributed by atoms with Gasteiger partial charge in [0.25, 0.3) is 0 Å². The minimum Gasteiger partial charge on any atom is -0.492 e. The average Bonchev–Trinajstić information content (AvgIpc) is 2.31. The van der Waals surface area contributed by atoms with E-state index in [0.717, 1.165) is 11.4 Å². The van der Waals surface area contributed by atoms with Crippen molar-refractivity contribution in [2.24, 2.45) is 5.92 Å². The molecule has 2 nitrogen and oxygen atoms in total. The van der Waals surface area contributed by atoms with Gasteiger partial charge in [0.15, 0.2) is 0 Å². The molecule has 0 spiro atoms. The van der Waals surface area contributed by atoms with Crippen LogP contribution in [-0.4, -0.2) is 12.6 Å². The lowest BCUT2D eigenvalue weighted by Crippen LogP contribution is -2.23. The van der Waals surface area contributed by atoms with Gasteiger partial charge in [-0.1, -0.05) is 31.9 Å². The second-order valence-electron chi connectivity index (χ2n) is 4.40.